The zero-order valence-electron chi connectivity index (χ0n) is 11.3. The molecule has 104 valence electrons. The van der Waals surface area contributed by atoms with Crippen molar-refractivity contribution in [1.29, 1.82) is 0 Å². The summed E-state index contributed by atoms with van der Waals surface area (Å²) in [5.41, 5.74) is 2.79. The first kappa shape index (κ1) is 13.1. The van der Waals surface area contributed by atoms with Crippen molar-refractivity contribution in [2.24, 2.45) is 0 Å². The minimum Gasteiger partial charge on any atom is -0.309 e. The van der Waals surface area contributed by atoms with Crippen molar-refractivity contribution in [3.8, 4) is 11.3 Å². The highest BCUT2D eigenvalue weighted by atomic mass is 16.1. The number of aromatic nitrogens is 3. The molecule has 0 aliphatic carbocycles. The van der Waals surface area contributed by atoms with E-state index in [2.05, 4.69) is 20.5 Å². The summed E-state index contributed by atoms with van der Waals surface area (Å²) >= 11 is 0. The number of amides is 1. The van der Waals surface area contributed by atoms with Crippen LogP contribution >= 0.6 is 0 Å². The molecule has 0 bridgehead atoms. The van der Waals surface area contributed by atoms with Gasteiger partial charge in [0.25, 0.3) is 0 Å². The summed E-state index contributed by atoms with van der Waals surface area (Å²) in [6.07, 6.45) is 3.76. The molecule has 2 N–H and O–H groups in total. The largest absolute Gasteiger partial charge is 0.309 e. The number of hydrogen-bond donors (Lipinski definition) is 2. The molecule has 2 aromatic heterocycles. The fraction of sp³-hybridized carbons (Fsp3) is 0.0625. The fourth-order valence-electron chi connectivity index (χ4n) is 2.03. The molecule has 5 nitrogen and oxygen atoms in total. The number of nitrogens with one attached hydrogen (secondary N) is 2. The zero-order valence-corrected chi connectivity index (χ0v) is 11.3. The summed E-state index contributed by atoms with van der Waals surface area (Å²) in [5.74, 6) is 0.428. The molecule has 2 heterocycles. The highest BCUT2D eigenvalue weighted by molar-refractivity contribution is 5.91. The molecule has 0 aliphatic heterocycles. The Hall–Kier alpha value is -2.95. The van der Waals surface area contributed by atoms with Gasteiger partial charge in [0, 0.05) is 24.0 Å². The minimum atomic E-state index is -0.0889. The molecule has 0 saturated carbocycles. The minimum absolute atomic E-state index is 0.0889. The number of pyridine rings is 1. The van der Waals surface area contributed by atoms with Gasteiger partial charge in [-0.15, -0.1) is 0 Å². The highest BCUT2D eigenvalue weighted by Gasteiger charge is 2.07. The molecule has 0 fully saturated rings. The van der Waals surface area contributed by atoms with E-state index in [0.29, 0.717) is 12.2 Å². The first-order chi connectivity index (χ1) is 10.3. The van der Waals surface area contributed by atoms with Crippen LogP contribution in [0.5, 0.6) is 0 Å². The molecule has 0 aliphatic rings. The average Bonchev–Trinajstić information content (AvgIpc) is 2.97. The Bertz CT molecular complexity index is 722. The summed E-state index contributed by atoms with van der Waals surface area (Å²) in [6.45, 7) is 0. The summed E-state index contributed by atoms with van der Waals surface area (Å²) in [6, 6.07) is 15.2. The number of rotatable bonds is 4. The van der Waals surface area contributed by atoms with Gasteiger partial charge in [-0.2, -0.15) is 5.10 Å². The van der Waals surface area contributed by atoms with E-state index in [1.165, 1.54) is 0 Å². The molecule has 21 heavy (non-hydrogen) atoms. The topological polar surface area (TPSA) is 70.7 Å². The predicted molar refractivity (Wildman–Crippen MR) is 80.6 cm³/mol. The van der Waals surface area contributed by atoms with Crippen LogP contribution in [0.15, 0.2) is 60.9 Å². The Morgan fingerprint density at radius 2 is 1.86 bits per heavy atom. The normalized spacial score (nSPS) is 10.3. The number of H-pyrrole nitrogens is 1. The van der Waals surface area contributed by atoms with Gasteiger partial charge in [0.1, 0.15) is 0 Å². The molecule has 1 amide bonds. The van der Waals surface area contributed by atoms with Gasteiger partial charge < -0.3 is 5.32 Å². The first-order valence-corrected chi connectivity index (χ1v) is 6.61. The predicted octanol–water partition coefficient (Wildman–Crippen LogP) is 2.65. The fourth-order valence-corrected chi connectivity index (χ4v) is 2.03. The van der Waals surface area contributed by atoms with Gasteiger partial charge in [-0.05, 0) is 17.7 Å². The van der Waals surface area contributed by atoms with E-state index in [0.717, 1.165) is 16.8 Å². The summed E-state index contributed by atoms with van der Waals surface area (Å²) < 4.78 is 0. The first-order valence-electron chi connectivity index (χ1n) is 6.61. The lowest BCUT2D eigenvalue weighted by Gasteiger charge is -2.01. The Kier molecular flexibility index (Phi) is 3.73. The molecule has 3 aromatic rings. The third kappa shape index (κ3) is 3.33. The second-order valence-corrected chi connectivity index (χ2v) is 4.61. The number of carbonyl (C=O) groups is 1. The van der Waals surface area contributed by atoms with Gasteiger partial charge in [-0.3, -0.25) is 14.9 Å². The van der Waals surface area contributed by atoms with E-state index in [1.54, 1.807) is 18.5 Å². The van der Waals surface area contributed by atoms with Gasteiger partial charge in [0.15, 0.2) is 5.82 Å². The van der Waals surface area contributed by atoms with Crippen LogP contribution in [0.4, 0.5) is 5.82 Å². The van der Waals surface area contributed by atoms with Gasteiger partial charge in [-0.25, -0.2) is 0 Å². The van der Waals surface area contributed by atoms with Crippen molar-refractivity contribution in [3.05, 3.63) is 66.5 Å². The highest BCUT2D eigenvalue weighted by Crippen LogP contribution is 2.18. The van der Waals surface area contributed by atoms with Crippen molar-refractivity contribution < 1.29 is 4.79 Å². The van der Waals surface area contributed by atoms with Crippen LogP contribution in [0.2, 0.25) is 0 Å². The zero-order chi connectivity index (χ0) is 14.5. The lowest BCUT2D eigenvalue weighted by Crippen LogP contribution is -2.14. The van der Waals surface area contributed by atoms with E-state index in [1.807, 2.05) is 42.5 Å². The van der Waals surface area contributed by atoms with Crippen LogP contribution in [-0.2, 0) is 11.2 Å². The van der Waals surface area contributed by atoms with E-state index >= 15 is 0 Å². The van der Waals surface area contributed by atoms with Gasteiger partial charge in [-0.1, -0.05) is 30.3 Å². The van der Waals surface area contributed by atoms with Crippen LogP contribution in [0.25, 0.3) is 11.3 Å². The van der Waals surface area contributed by atoms with Crippen molar-refractivity contribution in [1.82, 2.24) is 15.2 Å². The molecule has 0 radical (unpaired) electrons. The van der Waals surface area contributed by atoms with Crippen LogP contribution in [0, 0.1) is 0 Å². The summed E-state index contributed by atoms with van der Waals surface area (Å²) in [5, 5.41) is 9.78. The summed E-state index contributed by atoms with van der Waals surface area (Å²) in [7, 11) is 0. The van der Waals surface area contributed by atoms with Crippen LogP contribution in [0.1, 0.15) is 5.56 Å². The van der Waals surface area contributed by atoms with Crippen LogP contribution < -0.4 is 5.32 Å². The van der Waals surface area contributed by atoms with Crippen molar-refractivity contribution in [2.75, 3.05) is 5.32 Å². The van der Waals surface area contributed by atoms with Crippen molar-refractivity contribution in [3.63, 3.8) is 0 Å². The third-order valence-corrected chi connectivity index (χ3v) is 3.04. The monoisotopic (exact) mass is 278 g/mol. The Morgan fingerprint density at radius 1 is 1.10 bits per heavy atom. The molecule has 1 aromatic carbocycles. The molecular formula is C16H14N4O. The van der Waals surface area contributed by atoms with Crippen LogP contribution in [-0.4, -0.2) is 21.1 Å². The molecule has 0 atom stereocenters. The van der Waals surface area contributed by atoms with Crippen LogP contribution in [0.3, 0.4) is 0 Å². The molecule has 5 heteroatoms. The lowest BCUT2D eigenvalue weighted by atomic mass is 10.1. The lowest BCUT2D eigenvalue weighted by molar-refractivity contribution is -0.115. The standard InChI is InChI=1S/C16H14N4O/c21-16(10-12-4-2-1-3-5-12)18-15-11-14(19-20-15)13-6-8-17-9-7-13/h1-9,11H,10H2,(H2,18,19,20,21). The van der Waals surface area contributed by atoms with E-state index in [-0.39, 0.29) is 5.91 Å². The molecular weight excluding hydrogens is 264 g/mol. The molecule has 0 spiro atoms. The number of anilines is 1. The summed E-state index contributed by atoms with van der Waals surface area (Å²) in [4.78, 5) is 15.9. The van der Waals surface area contributed by atoms with Gasteiger partial charge >= 0.3 is 0 Å². The smallest absolute Gasteiger partial charge is 0.229 e. The van der Waals surface area contributed by atoms with Crippen molar-refractivity contribution >= 4 is 11.7 Å². The number of benzene rings is 1. The maximum Gasteiger partial charge on any atom is 0.229 e. The number of hydrogen-bond acceptors (Lipinski definition) is 3. The number of aromatic amines is 1. The Balaban J connectivity index is 1.66. The van der Waals surface area contributed by atoms with Gasteiger partial charge in [0.2, 0.25) is 5.91 Å². The second-order valence-electron chi connectivity index (χ2n) is 4.61. The van der Waals surface area contributed by atoms with E-state index in [9.17, 15) is 4.79 Å². The Labute approximate surface area is 122 Å². The SMILES string of the molecule is O=C(Cc1ccccc1)Nc1cc(-c2ccncc2)[nH]n1. The number of carbonyl (C=O) groups excluding carboxylic acids is 1. The maximum atomic E-state index is 12.0. The molecule has 0 unspecified atom stereocenters. The second kappa shape index (κ2) is 6.00. The molecule has 0 saturated heterocycles. The third-order valence-electron chi connectivity index (χ3n) is 3.04. The quantitative estimate of drug-likeness (QED) is 0.770. The van der Waals surface area contributed by atoms with E-state index in [4.69, 9.17) is 0 Å². The Morgan fingerprint density at radius 3 is 2.62 bits per heavy atom. The van der Waals surface area contributed by atoms with Crippen molar-refractivity contribution in [2.45, 2.75) is 6.42 Å². The molecule has 3 rings (SSSR count). The maximum absolute atomic E-state index is 12.0. The number of nitrogens with zero attached hydrogens (tertiary/aromatic N) is 2. The van der Waals surface area contributed by atoms with E-state index < -0.39 is 0 Å². The average molecular weight is 278 g/mol. The van der Waals surface area contributed by atoms with Gasteiger partial charge in [0.05, 0.1) is 12.1 Å².